The van der Waals surface area contributed by atoms with Crippen molar-refractivity contribution in [2.24, 2.45) is 0 Å². The summed E-state index contributed by atoms with van der Waals surface area (Å²) in [6.07, 6.45) is 5.56. The van der Waals surface area contributed by atoms with Gasteiger partial charge in [-0.3, -0.25) is 4.90 Å². The number of piperidine rings is 1. The van der Waals surface area contributed by atoms with E-state index in [-0.39, 0.29) is 0 Å². The predicted molar refractivity (Wildman–Crippen MR) is 92.6 cm³/mol. The standard InChI is InChI=1S/C20H26N2/c1-3-9-18(10-4-1)14-15-21-20-13-7-8-16-22(20)17-19-11-5-2-6-12-19/h1-6,9-12,20-21H,7-8,13-17H2. The van der Waals surface area contributed by atoms with E-state index in [9.17, 15) is 0 Å². The van der Waals surface area contributed by atoms with E-state index in [1.807, 2.05) is 0 Å². The van der Waals surface area contributed by atoms with E-state index >= 15 is 0 Å². The molecule has 0 bridgehead atoms. The summed E-state index contributed by atoms with van der Waals surface area (Å²) in [5.41, 5.74) is 2.83. The van der Waals surface area contributed by atoms with Crippen LogP contribution in [0.15, 0.2) is 60.7 Å². The van der Waals surface area contributed by atoms with E-state index in [1.165, 1.54) is 36.9 Å². The highest BCUT2D eigenvalue weighted by atomic mass is 15.3. The highest BCUT2D eigenvalue weighted by molar-refractivity contribution is 5.15. The Balaban J connectivity index is 1.51. The summed E-state index contributed by atoms with van der Waals surface area (Å²) in [6, 6.07) is 21.6. The SMILES string of the molecule is c1ccc(CCNC2CCCCN2Cc2ccccc2)cc1. The van der Waals surface area contributed by atoms with Crippen LogP contribution in [-0.4, -0.2) is 24.2 Å². The molecule has 1 N–H and O–H groups in total. The maximum Gasteiger partial charge on any atom is 0.0600 e. The number of rotatable bonds is 6. The highest BCUT2D eigenvalue weighted by Crippen LogP contribution is 2.18. The second-order valence-corrected chi connectivity index (χ2v) is 6.16. The number of benzene rings is 2. The second-order valence-electron chi connectivity index (χ2n) is 6.16. The normalized spacial score (nSPS) is 19.2. The minimum absolute atomic E-state index is 0.526. The second kappa shape index (κ2) is 8.11. The van der Waals surface area contributed by atoms with Gasteiger partial charge in [-0.05, 0) is 43.4 Å². The zero-order valence-corrected chi connectivity index (χ0v) is 13.2. The third kappa shape index (κ3) is 4.43. The molecule has 2 heteroatoms. The fraction of sp³-hybridized carbons (Fsp3) is 0.400. The first-order valence-corrected chi connectivity index (χ1v) is 8.47. The van der Waals surface area contributed by atoms with Gasteiger partial charge in [-0.2, -0.15) is 0 Å². The van der Waals surface area contributed by atoms with Gasteiger partial charge in [0, 0.05) is 13.1 Å². The first-order chi connectivity index (χ1) is 10.9. The van der Waals surface area contributed by atoms with Crippen LogP contribution in [-0.2, 0) is 13.0 Å². The Morgan fingerprint density at radius 3 is 2.27 bits per heavy atom. The lowest BCUT2D eigenvalue weighted by Crippen LogP contribution is -2.48. The Kier molecular flexibility index (Phi) is 5.63. The number of hydrogen-bond acceptors (Lipinski definition) is 2. The van der Waals surface area contributed by atoms with Crippen molar-refractivity contribution in [1.29, 1.82) is 0 Å². The van der Waals surface area contributed by atoms with E-state index in [0.29, 0.717) is 6.17 Å². The molecule has 0 aliphatic carbocycles. The zero-order valence-electron chi connectivity index (χ0n) is 13.2. The molecule has 1 heterocycles. The number of nitrogens with one attached hydrogen (secondary N) is 1. The molecular weight excluding hydrogens is 268 g/mol. The van der Waals surface area contributed by atoms with Crippen LogP contribution in [0.2, 0.25) is 0 Å². The van der Waals surface area contributed by atoms with Gasteiger partial charge in [-0.15, -0.1) is 0 Å². The molecule has 22 heavy (non-hydrogen) atoms. The van der Waals surface area contributed by atoms with Gasteiger partial charge in [-0.1, -0.05) is 60.7 Å². The van der Waals surface area contributed by atoms with E-state index in [0.717, 1.165) is 19.5 Å². The molecule has 3 rings (SSSR count). The zero-order chi connectivity index (χ0) is 15.0. The average molecular weight is 294 g/mol. The Morgan fingerprint density at radius 1 is 0.864 bits per heavy atom. The fourth-order valence-corrected chi connectivity index (χ4v) is 3.26. The molecular formula is C20H26N2. The van der Waals surface area contributed by atoms with Crippen molar-refractivity contribution in [2.75, 3.05) is 13.1 Å². The van der Waals surface area contributed by atoms with Crippen LogP contribution in [0.1, 0.15) is 30.4 Å². The molecule has 1 fully saturated rings. The summed E-state index contributed by atoms with van der Waals surface area (Å²) in [4.78, 5) is 2.60. The van der Waals surface area contributed by atoms with Crippen molar-refractivity contribution < 1.29 is 0 Å². The quantitative estimate of drug-likeness (QED) is 0.871. The molecule has 2 aromatic rings. The predicted octanol–water partition coefficient (Wildman–Crippen LogP) is 3.83. The largest absolute Gasteiger partial charge is 0.301 e. The Morgan fingerprint density at radius 2 is 1.55 bits per heavy atom. The van der Waals surface area contributed by atoms with Gasteiger partial charge in [0.05, 0.1) is 6.17 Å². The van der Waals surface area contributed by atoms with Crippen molar-refractivity contribution in [2.45, 2.75) is 38.4 Å². The first kappa shape index (κ1) is 15.3. The van der Waals surface area contributed by atoms with E-state index < -0.39 is 0 Å². The van der Waals surface area contributed by atoms with Crippen molar-refractivity contribution in [3.8, 4) is 0 Å². The Bertz CT molecular complexity index is 538. The lowest BCUT2D eigenvalue weighted by atomic mass is 10.1. The summed E-state index contributed by atoms with van der Waals surface area (Å²) in [5.74, 6) is 0. The molecule has 0 saturated carbocycles. The smallest absolute Gasteiger partial charge is 0.0600 e. The van der Waals surface area contributed by atoms with Gasteiger partial charge < -0.3 is 5.32 Å². The van der Waals surface area contributed by atoms with Gasteiger partial charge >= 0.3 is 0 Å². The van der Waals surface area contributed by atoms with Crippen LogP contribution in [0.3, 0.4) is 0 Å². The van der Waals surface area contributed by atoms with Crippen LogP contribution < -0.4 is 5.32 Å². The van der Waals surface area contributed by atoms with Crippen LogP contribution in [0.25, 0.3) is 0 Å². The summed E-state index contributed by atoms with van der Waals surface area (Å²) >= 11 is 0. The van der Waals surface area contributed by atoms with Crippen LogP contribution >= 0.6 is 0 Å². The number of hydrogen-bond donors (Lipinski definition) is 1. The van der Waals surface area contributed by atoms with Gasteiger partial charge in [0.2, 0.25) is 0 Å². The van der Waals surface area contributed by atoms with Gasteiger partial charge in [-0.25, -0.2) is 0 Å². The molecule has 0 aromatic heterocycles. The van der Waals surface area contributed by atoms with Crippen molar-refractivity contribution in [1.82, 2.24) is 10.2 Å². The minimum atomic E-state index is 0.526. The summed E-state index contributed by atoms with van der Waals surface area (Å²) in [5, 5.41) is 3.77. The Hall–Kier alpha value is -1.64. The molecule has 2 aromatic carbocycles. The molecule has 1 saturated heterocycles. The Labute approximate surface area is 134 Å². The third-order valence-corrected chi connectivity index (χ3v) is 4.48. The molecule has 0 radical (unpaired) electrons. The lowest BCUT2D eigenvalue weighted by molar-refractivity contribution is 0.113. The van der Waals surface area contributed by atoms with E-state index in [1.54, 1.807) is 0 Å². The molecule has 1 atom stereocenters. The van der Waals surface area contributed by atoms with Crippen molar-refractivity contribution in [3.05, 3.63) is 71.8 Å². The van der Waals surface area contributed by atoms with Gasteiger partial charge in [0.25, 0.3) is 0 Å². The highest BCUT2D eigenvalue weighted by Gasteiger charge is 2.21. The van der Waals surface area contributed by atoms with Crippen LogP contribution in [0.4, 0.5) is 0 Å². The number of likely N-dealkylation sites (tertiary alicyclic amines) is 1. The molecule has 1 unspecified atom stereocenters. The van der Waals surface area contributed by atoms with Crippen LogP contribution in [0.5, 0.6) is 0 Å². The maximum absolute atomic E-state index is 3.77. The lowest BCUT2D eigenvalue weighted by Gasteiger charge is -2.36. The average Bonchev–Trinajstić information content (AvgIpc) is 2.58. The van der Waals surface area contributed by atoms with E-state index in [2.05, 4.69) is 70.9 Å². The molecule has 1 aliphatic rings. The van der Waals surface area contributed by atoms with Crippen molar-refractivity contribution in [3.63, 3.8) is 0 Å². The summed E-state index contributed by atoms with van der Waals surface area (Å²) in [6.45, 7) is 3.32. The van der Waals surface area contributed by atoms with Gasteiger partial charge in [0.1, 0.15) is 0 Å². The van der Waals surface area contributed by atoms with Gasteiger partial charge in [0.15, 0.2) is 0 Å². The van der Waals surface area contributed by atoms with E-state index in [4.69, 9.17) is 0 Å². The minimum Gasteiger partial charge on any atom is -0.301 e. The third-order valence-electron chi connectivity index (χ3n) is 4.48. The molecule has 0 amide bonds. The summed E-state index contributed by atoms with van der Waals surface area (Å²) in [7, 11) is 0. The molecule has 2 nitrogen and oxygen atoms in total. The monoisotopic (exact) mass is 294 g/mol. The van der Waals surface area contributed by atoms with Crippen LogP contribution in [0, 0.1) is 0 Å². The number of nitrogens with zero attached hydrogens (tertiary/aromatic N) is 1. The topological polar surface area (TPSA) is 15.3 Å². The molecule has 0 spiro atoms. The first-order valence-electron chi connectivity index (χ1n) is 8.47. The maximum atomic E-state index is 3.77. The van der Waals surface area contributed by atoms with Crippen molar-refractivity contribution >= 4 is 0 Å². The fourth-order valence-electron chi connectivity index (χ4n) is 3.26. The molecule has 1 aliphatic heterocycles. The molecule has 116 valence electrons. The summed E-state index contributed by atoms with van der Waals surface area (Å²) < 4.78 is 0.